The number of piperidine rings is 1. The van der Waals surface area contributed by atoms with Crippen LogP contribution in [0.1, 0.15) is 26.2 Å². The number of aliphatic hydroxyl groups is 1. The van der Waals surface area contributed by atoms with Crippen LogP contribution < -0.4 is 4.74 Å². The molecule has 0 radical (unpaired) electrons. The van der Waals surface area contributed by atoms with Gasteiger partial charge in [-0.05, 0) is 57.3 Å². The van der Waals surface area contributed by atoms with Gasteiger partial charge in [0.2, 0.25) is 0 Å². The zero-order valence-corrected chi connectivity index (χ0v) is 13.0. The summed E-state index contributed by atoms with van der Waals surface area (Å²) in [7, 11) is 0. The maximum absolute atomic E-state index is 10.6. The van der Waals surface area contributed by atoms with Crippen LogP contribution in [0.5, 0.6) is 5.75 Å². The molecule has 6 heteroatoms. The quantitative estimate of drug-likeness (QED) is 0.476. The van der Waals surface area contributed by atoms with Crippen LogP contribution in [0.2, 0.25) is 0 Å². The van der Waals surface area contributed by atoms with Crippen molar-refractivity contribution in [1.29, 1.82) is 0 Å². The van der Waals surface area contributed by atoms with Crippen molar-refractivity contribution in [3.05, 3.63) is 34.4 Å². The molecule has 0 bridgehead atoms. The fourth-order valence-corrected chi connectivity index (χ4v) is 2.80. The highest BCUT2D eigenvalue weighted by molar-refractivity contribution is 5.35. The van der Waals surface area contributed by atoms with E-state index in [1.165, 1.54) is 12.1 Å². The summed E-state index contributed by atoms with van der Waals surface area (Å²) < 4.78 is 5.60. The molecule has 0 saturated carbocycles. The number of nitrogens with zero attached hydrogens (tertiary/aromatic N) is 2. The number of rotatable bonds is 7. The number of aliphatic hydroxyl groups excluding tert-OH is 1. The Bertz CT molecular complexity index is 468. The second-order valence-electron chi connectivity index (χ2n) is 5.87. The van der Waals surface area contributed by atoms with Gasteiger partial charge in [0.25, 0.3) is 5.69 Å². The second kappa shape index (κ2) is 8.10. The van der Waals surface area contributed by atoms with Crippen LogP contribution in [0.15, 0.2) is 24.3 Å². The summed E-state index contributed by atoms with van der Waals surface area (Å²) >= 11 is 0. The molecule has 1 atom stereocenters. The van der Waals surface area contributed by atoms with E-state index in [9.17, 15) is 15.2 Å². The van der Waals surface area contributed by atoms with E-state index in [0.29, 0.717) is 18.3 Å². The molecule has 1 unspecified atom stereocenters. The summed E-state index contributed by atoms with van der Waals surface area (Å²) in [5.74, 6) is 1.10. The topological polar surface area (TPSA) is 75.8 Å². The first-order valence-electron chi connectivity index (χ1n) is 7.84. The first kappa shape index (κ1) is 16.7. The monoisotopic (exact) mass is 308 g/mol. The summed E-state index contributed by atoms with van der Waals surface area (Å²) in [6, 6.07) is 6.17. The van der Waals surface area contributed by atoms with Gasteiger partial charge in [-0.2, -0.15) is 0 Å². The summed E-state index contributed by atoms with van der Waals surface area (Å²) in [5, 5.41) is 20.1. The van der Waals surface area contributed by atoms with Gasteiger partial charge in [-0.1, -0.05) is 0 Å². The smallest absolute Gasteiger partial charge is 0.269 e. The lowest BCUT2D eigenvalue weighted by atomic mass is 9.92. The molecule has 6 nitrogen and oxygen atoms in total. The van der Waals surface area contributed by atoms with Gasteiger partial charge in [0, 0.05) is 18.7 Å². The number of likely N-dealkylation sites (tertiary alicyclic amines) is 1. The molecule has 0 amide bonds. The Kier molecular flexibility index (Phi) is 6.15. The van der Waals surface area contributed by atoms with Crippen molar-refractivity contribution in [1.82, 2.24) is 4.90 Å². The van der Waals surface area contributed by atoms with Crippen molar-refractivity contribution in [3.63, 3.8) is 0 Å². The minimum absolute atomic E-state index is 0.0772. The van der Waals surface area contributed by atoms with Crippen molar-refractivity contribution in [2.75, 3.05) is 26.2 Å². The minimum atomic E-state index is -0.416. The standard InChI is InChI=1S/C16H24N2O4/c1-13(19)14-7-10-17(11-8-14)9-2-12-22-16-5-3-15(4-6-16)18(20)21/h3-6,13-14,19H,2,7-12H2,1H3. The van der Waals surface area contributed by atoms with Gasteiger partial charge in [-0.25, -0.2) is 0 Å². The number of nitro benzene ring substituents is 1. The first-order valence-corrected chi connectivity index (χ1v) is 7.84. The van der Waals surface area contributed by atoms with Crippen LogP contribution in [-0.4, -0.2) is 47.3 Å². The predicted octanol–water partition coefficient (Wildman–Crippen LogP) is 2.46. The Balaban J connectivity index is 1.62. The molecule has 1 N–H and O–H groups in total. The van der Waals surface area contributed by atoms with Crippen molar-refractivity contribution in [2.24, 2.45) is 5.92 Å². The lowest BCUT2D eigenvalue weighted by molar-refractivity contribution is -0.384. The van der Waals surface area contributed by atoms with Gasteiger partial charge in [0.1, 0.15) is 5.75 Å². The summed E-state index contributed by atoms with van der Waals surface area (Å²) in [4.78, 5) is 12.5. The zero-order chi connectivity index (χ0) is 15.9. The Morgan fingerprint density at radius 1 is 1.36 bits per heavy atom. The molecular formula is C16H24N2O4. The molecule has 122 valence electrons. The maximum Gasteiger partial charge on any atom is 0.269 e. The predicted molar refractivity (Wildman–Crippen MR) is 84.1 cm³/mol. The highest BCUT2D eigenvalue weighted by atomic mass is 16.6. The molecule has 1 aliphatic rings. The molecule has 2 rings (SSSR count). The SMILES string of the molecule is CC(O)C1CCN(CCCOc2ccc([N+](=O)[O-])cc2)CC1. The number of hydrogen-bond donors (Lipinski definition) is 1. The molecular weight excluding hydrogens is 284 g/mol. The third-order valence-corrected chi connectivity index (χ3v) is 4.25. The highest BCUT2D eigenvalue weighted by Crippen LogP contribution is 2.21. The second-order valence-corrected chi connectivity index (χ2v) is 5.87. The van der Waals surface area contributed by atoms with E-state index >= 15 is 0 Å². The van der Waals surface area contributed by atoms with Gasteiger partial charge < -0.3 is 14.7 Å². The van der Waals surface area contributed by atoms with Crippen molar-refractivity contribution in [2.45, 2.75) is 32.3 Å². The minimum Gasteiger partial charge on any atom is -0.494 e. The molecule has 1 aromatic carbocycles. The molecule has 0 spiro atoms. The number of nitro groups is 1. The molecule has 0 aromatic heterocycles. The van der Waals surface area contributed by atoms with Crippen LogP contribution in [0.4, 0.5) is 5.69 Å². The summed E-state index contributed by atoms with van der Waals surface area (Å²) in [6.45, 7) is 5.53. The Hall–Kier alpha value is -1.66. The summed E-state index contributed by atoms with van der Waals surface area (Å²) in [5.41, 5.74) is 0.0772. The lowest BCUT2D eigenvalue weighted by Gasteiger charge is -2.33. The number of ether oxygens (including phenoxy) is 1. The zero-order valence-electron chi connectivity index (χ0n) is 13.0. The Labute approximate surface area is 130 Å². The van der Waals surface area contributed by atoms with Gasteiger partial charge in [-0.15, -0.1) is 0 Å². The highest BCUT2D eigenvalue weighted by Gasteiger charge is 2.22. The van der Waals surface area contributed by atoms with E-state index in [4.69, 9.17) is 4.74 Å². The van der Waals surface area contributed by atoms with Gasteiger partial charge in [0.15, 0.2) is 0 Å². The van der Waals surface area contributed by atoms with Crippen LogP contribution in [-0.2, 0) is 0 Å². The molecule has 0 aliphatic carbocycles. The Morgan fingerprint density at radius 3 is 2.55 bits per heavy atom. The third-order valence-electron chi connectivity index (χ3n) is 4.25. The van der Waals surface area contributed by atoms with Crippen LogP contribution in [0.3, 0.4) is 0 Å². The van der Waals surface area contributed by atoms with E-state index in [0.717, 1.165) is 38.9 Å². The maximum atomic E-state index is 10.6. The van der Waals surface area contributed by atoms with E-state index in [1.54, 1.807) is 12.1 Å². The van der Waals surface area contributed by atoms with E-state index in [-0.39, 0.29) is 11.8 Å². The lowest BCUT2D eigenvalue weighted by Crippen LogP contribution is -2.37. The fourth-order valence-electron chi connectivity index (χ4n) is 2.80. The largest absolute Gasteiger partial charge is 0.494 e. The van der Waals surface area contributed by atoms with E-state index in [1.807, 2.05) is 6.92 Å². The van der Waals surface area contributed by atoms with Crippen LogP contribution >= 0.6 is 0 Å². The van der Waals surface area contributed by atoms with Crippen molar-refractivity contribution >= 4 is 5.69 Å². The Morgan fingerprint density at radius 2 is 2.00 bits per heavy atom. The van der Waals surface area contributed by atoms with Gasteiger partial charge >= 0.3 is 0 Å². The third kappa shape index (κ3) is 4.96. The average molecular weight is 308 g/mol. The molecule has 22 heavy (non-hydrogen) atoms. The molecule has 1 aliphatic heterocycles. The van der Waals surface area contributed by atoms with E-state index < -0.39 is 4.92 Å². The summed E-state index contributed by atoms with van der Waals surface area (Å²) in [6.07, 6.45) is 2.84. The number of hydrogen-bond acceptors (Lipinski definition) is 5. The van der Waals surface area contributed by atoms with Crippen LogP contribution in [0.25, 0.3) is 0 Å². The van der Waals surface area contributed by atoms with E-state index in [2.05, 4.69) is 4.90 Å². The molecule has 1 heterocycles. The average Bonchev–Trinajstić information content (AvgIpc) is 2.52. The number of benzene rings is 1. The van der Waals surface area contributed by atoms with Crippen molar-refractivity contribution < 1.29 is 14.8 Å². The molecule has 1 saturated heterocycles. The van der Waals surface area contributed by atoms with Crippen molar-refractivity contribution in [3.8, 4) is 5.75 Å². The molecule has 1 fully saturated rings. The normalized spacial score (nSPS) is 18.1. The first-order chi connectivity index (χ1) is 10.6. The van der Waals surface area contributed by atoms with Gasteiger partial charge in [0.05, 0.1) is 17.6 Å². The van der Waals surface area contributed by atoms with Crippen LogP contribution in [0, 0.1) is 16.0 Å². The number of non-ortho nitro benzene ring substituents is 1. The molecule has 1 aromatic rings. The van der Waals surface area contributed by atoms with Gasteiger partial charge in [-0.3, -0.25) is 10.1 Å². The fraction of sp³-hybridized carbons (Fsp3) is 0.625.